The van der Waals surface area contributed by atoms with Crippen LogP contribution < -0.4 is 14.8 Å². The van der Waals surface area contributed by atoms with Crippen molar-refractivity contribution in [3.63, 3.8) is 0 Å². The highest BCUT2D eigenvalue weighted by Gasteiger charge is 2.25. The van der Waals surface area contributed by atoms with E-state index >= 15 is 0 Å². The third kappa shape index (κ3) is 4.96. The molecule has 3 aromatic carbocycles. The van der Waals surface area contributed by atoms with Crippen LogP contribution in [-0.4, -0.2) is 22.3 Å². The maximum atomic E-state index is 12.7. The van der Waals surface area contributed by atoms with Gasteiger partial charge >= 0.3 is 0 Å². The van der Waals surface area contributed by atoms with E-state index in [1.807, 2.05) is 18.2 Å². The van der Waals surface area contributed by atoms with E-state index in [0.717, 1.165) is 17.7 Å². The Kier molecular flexibility index (Phi) is 6.60. The molecule has 0 saturated carbocycles. The summed E-state index contributed by atoms with van der Waals surface area (Å²) in [6.07, 6.45) is 4.19. The maximum absolute atomic E-state index is 12.7. The van der Waals surface area contributed by atoms with Crippen LogP contribution in [0.2, 0.25) is 15.1 Å². The lowest BCUT2D eigenvalue weighted by Gasteiger charge is -2.25. The number of hydrogen-bond donors (Lipinski definition) is 1. The van der Waals surface area contributed by atoms with Crippen molar-refractivity contribution < 1.29 is 14.3 Å². The quantitative estimate of drug-likeness (QED) is 0.287. The molecule has 1 amide bonds. The third-order valence-corrected chi connectivity index (χ3v) is 6.60. The van der Waals surface area contributed by atoms with Gasteiger partial charge in [0, 0.05) is 16.1 Å². The van der Waals surface area contributed by atoms with Crippen LogP contribution in [0, 0.1) is 0 Å². The number of nitrogens with zero attached hydrogens (tertiary/aromatic N) is 2. The molecule has 1 aliphatic heterocycles. The Balaban J connectivity index is 1.29. The van der Waals surface area contributed by atoms with Crippen LogP contribution >= 0.6 is 34.8 Å². The van der Waals surface area contributed by atoms with Crippen LogP contribution in [0.15, 0.2) is 67.0 Å². The standard InChI is InChI=1S/C26H20Cl3N3O3/c1-15-9-10-34-24-21(15)12-22(28)25(23(24)29)35-20-7-5-16(6-8-20)26(33)31-18-13-30-32(14-18)19-4-2-3-17(27)11-19/h2-8,11-15H,9-10H2,1H3,(H,31,33). The molecule has 0 bridgehead atoms. The summed E-state index contributed by atoms with van der Waals surface area (Å²) in [6, 6.07) is 15.8. The van der Waals surface area contributed by atoms with E-state index in [2.05, 4.69) is 17.3 Å². The summed E-state index contributed by atoms with van der Waals surface area (Å²) < 4.78 is 13.4. The highest BCUT2D eigenvalue weighted by Crippen LogP contribution is 2.48. The molecule has 1 unspecified atom stereocenters. The molecule has 0 saturated heterocycles. The summed E-state index contributed by atoms with van der Waals surface area (Å²) in [5.74, 6) is 1.45. The van der Waals surface area contributed by atoms with E-state index in [1.54, 1.807) is 53.5 Å². The van der Waals surface area contributed by atoms with Gasteiger partial charge in [0.1, 0.15) is 16.5 Å². The van der Waals surface area contributed by atoms with Crippen molar-refractivity contribution in [1.29, 1.82) is 0 Å². The number of halogens is 3. The Hall–Kier alpha value is -3.19. The second-order valence-electron chi connectivity index (χ2n) is 8.19. The van der Waals surface area contributed by atoms with Gasteiger partial charge in [-0.25, -0.2) is 4.68 Å². The number of anilines is 1. The lowest BCUT2D eigenvalue weighted by atomic mass is 9.95. The summed E-state index contributed by atoms with van der Waals surface area (Å²) in [5, 5.41) is 8.46. The minimum Gasteiger partial charge on any atom is -0.492 e. The number of carbonyl (C=O) groups excluding carboxylic acids is 1. The molecule has 0 spiro atoms. The van der Waals surface area contributed by atoms with Crippen molar-refractivity contribution in [3.8, 4) is 22.9 Å². The van der Waals surface area contributed by atoms with Crippen molar-refractivity contribution in [2.45, 2.75) is 19.3 Å². The monoisotopic (exact) mass is 527 g/mol. The second-order valence-corrected chi connectivity index (χ2v) is 9.41. The fraction of sp³-hybridized carbons (Fsp3) is 0.154. The largest absolute Gasteiger partial charge is 0.492 e. The van der Waals surface area contributed by atoms with E-state index < -0.39 is 0 Å². The minimum atomic E-state index is -0.283. The van der Waals surface area contributed by atoms with Crippen LogP contribution in [0.5, 0.6) is 17.2 Å². The van der Waals surface area contributed by atoms with Crippen molar-refractivity contribution in [3.05, 3.63) is 93.2 Å². The van der Waals surface area contributed by atoms with Gasteiger partial charge in [0.05, 0.1) is 35.4 Å². The molecule has 1 aliphatic rings. The van der Waals surface area contributed by atoms with E-state index in [-0.39, 0.29) is 5.91 Å². The molecule has 178 valence electrons. The van der Waals surface area contributed by atoms with E-state index in [1.165, 1.54) is 0 Å². The van der Waals surface area contributed by atoms with Gasteiger partial charge in [-0.15, -0.1) is 0 Å². The highest BCUT2D eigenvalue weighted by molar-refractivity contribution is 6.38. The molecule has 1 aromatic heterocycles. The molecular formula is C26H20Cl3N3O3. The molecule has 5 rings (SSSR count). The first-order chi connectivity index (χ1) is 16.9. The van der Waals surface area contributed by atoms with Gasteiger partial charge in [0.2, 0.25) is 0 Å². The molecule has 9 heteroatoms. The molecule has 2 heterocycles. The topological polar surface area (TPSA) is 65.4 Å². The number of fused-ring (bicyclic) bond motifs is 1. The number of benzene rings is 3. The molecule has 0 fully saturated rings. The van der Waals surface area contributed by atoms with Gasteiger partial charge in [-0.3, -0.25) is 4.79 Å². The Labute approximate surface area is 217 Å². The summed E-state index contributed by atoms with van der Waals surface area (Å²) in [4.78, 5) is 12.7. The Morgan fingerprint density at radius 1 is 1.14 bits per heavy atom. The molecule has 1 atom stereocenters. The Bertz CT molecular complexity index is 1400. The van der Waals surface area contributed by atoms with Gasteiger partial charge in [-0.2, -0.15) is 5.10 Å². The number of carbonyl (C=O) groups is 1. The Morgan fingerprint density at radius 2 is 1.94 bits per heavy atom. The SMILES string of the molecule is CC1CCOc2c1cc(Cl)c(Oc1ccc(C(=O)Nc3cnn(-c4cccc(Cl)c4)c3)cc1)c2Cl. The smallest absolute Gasteiger partial charge is 0.255 e. The van der Waals surface area contributed by atoms with Crippen molar-refractivity contribution >= 4 is 46.4 Å². The first-order valence-corrected chi connectivity index (χ1v) is 12.1. The third-order valence-electron chi connectivity index (χ3n) is 5.74. The van der Waals surface area contributed by atoms with Gasteiger partial charge in [0.15, 0.2) is 5.75 Å². The minimum absolute atomic E-state index is 0.283. The van der Waals surface area contributed by atoms with E-state index in [4.69, 9.17) is 44.3 Å². The highest BCUT2D eigenvalue weighted by atomic mass is 35.5. The summed E-state index contributed by atoms with van der Waals surface area (Å²) in [5.41, 5.74) is 2.77. The number of amides is 1. The first kappa shape index (κ1) is 23.5. The molecule has 1 N–H and O–H groups in total. The average Bonchev–Trinajstić information content (AvgIpc) is 3.31. The summed E-state index contributed by atoms with van der Waals surface area (Å²) >= 11 is 19.1. The number of aromatic nitrogens is 2. The zero-order valence-corrected chi connectivity index (χ0v) is 20.9. The lowest BCUT2D eigenvalue weighted by molar-refractivity contribution is 0.102. The molecule has 6 nitrogen and oxygen atoms in total. The lowest BCUT2D eigenvalue weighted by Crippen LogP contribution is -2.13. The van der Waals surface area contributed by atoms with Crippen molar-refractivity contribution in [2.75, 3.05) is 11.9 Å². The maximum Gasteiger partial charge on any atom is 0.255 e. The second kappa shape index (κ2) is 9.82. The number of ether oxygens (including phenoxy) is 2. The average molecular weight is 529 g/mol. The van der Waals surface area contributed by atoms with E-state index in [0.29, 0.717) is 56.1 Å². The predicted molar refractivity (Wildman–Crippen MR) is 138 cm³/mol. The molecule has 0 aliphatic carbocycles. The van der Waals surface area contributed by atoms with Gasteiger partial charge in [0.25, 0.3) is 5.91 Å². The number of nitrogens with one attached hydrogen (secondary N) is 1. The van der Waals surface area contributed by atoms with Gasteiger partial charge in [-0.1, -0.05) is 47.8 Å². The van der Waals surface area contributed by atoms with E-state index in [9.17, 15) is 4.79 Å². The van der Waals surface area contributed by atoms with Gasteiger partial charge < -0.3 is 14.8 Å². The van der Waals surface area contributed by atoms with Crippen LogP contribution in [-0.2, 0) is 0 Å². The predicted octanol–water partition coefficient (Wildman–Crippen LogP) is 7.76. The zero-order chi connectivity index (χ0) is 24.5. The van der Waals surface area contributed by atoms with Crippen LogP contribution in [0.3, 0.4) is 0 Å². The molecule has 0 radical (unpaired) electrons. The van der Waals surface area contributed by atoms with Crippen molar-refractivity contribution in [2.24, 2.45) is 0 Å². The summed E-state index contributed by atoms with van der Waals surface area (Å²) in [7, 11) is 0. The van der Waals surface area contributed by atoms with Crippen molar-refractivity contribution in [1.82, 2.24) is 9.78 Å². The Morgan fingerprint density at radius 3 is 2.71 bits per heavy atom. The normalized spacial score (nSPS) is 14.7. The van der Waals surface area contributed by atoms with Gasteiger partial charge in [-0.05, 0) is 60.9 Å². The van der Waals surface area contributed by atoms with Crippen LogP contribution in [0.4, 0.5) is 5.69 Å². The number of hydrogen-bond acceptors (Lipinski definition) is 4. The fourth-order valence-corrected chi connectivity index (χ4v) is 4.63. The van der Waals surface area contributed by atoms with Crippen LogP contribution in [0.1, 0.15) is 35.2 Å². The molecular weight excluding hydrogens is 509 g/mol. The fourth-order valence-electron chi connectivity index (χ4n) is 3.84. The zero-order valence-electron chi connectivity index (χ0n) is 18.6. The molecule has 4 aromatic rings. The van der Waals surface area contributed by atoms with Crippen LogP contribution in [0.25, 0.3) is 5.69 Å². The first-order valence-electron chi connectivity index (χ1n) is 10.9. The molecule has 35 heavy (non-hydrogen) atoms. The summed E-state index contributed by atoms with van der Waals surface area (Å²) in [6.45, 7) is 2.71. The number of rotatable bonds is 5.